The van der Waals surface area contributed by atoms with Gasteiger partial charge in [-0.1, -0.05) is 23.3 Å². The minimum Gasteiger partial charge on any atom is -0.494 e. The van der Waals surface area contributed by atoms with Gasteiger partial charge in [-0.05, 0) is 58.4 Å². The number of methoxy groups -OCH3 is 1. The van der Waals surface area contributed by atoms with E-state index in [2.05, 4.69) is 11.4 Å². The van der Waals surface area contributed by atoms with E-state index in [1.54, 1.807) is 18.9 Å². The summed E-state index contributed by atoms with van der Waals surface area (Å²) in [7, 11) is 1.56. The molecule has 0 bridgehead atoms. The first-order chi connectivity index (χ1) is 13.5. The predicted molar refractivity (Wildman–Crippen MR) is 118 cm³/mol. The maximum atomic E-state index is 12.9. The van der Waals surface area contributed by atoms with Crippen LogP contribution < -0.4 is 15.0 Å². The number of hydrogen-bond acceptors (Lipinski definition) is 3. The highest BCUT2D eigenvalue weighted by atomic mass is 16.5. The van der Waals surface area contributed by atoms with Gasteiger partial charge in [-0.2, -0.15) is 0 Å². The summed E-state index contributed by atoms with van der Waals surface area (Å²) in [4.78, 5) is 27.0. The first kappa shape index (κ1) is 20.6. The fourth-order valence-electron chi connectivity index (χ4n) is 4.19. The molecule has 0 aromatic heterocycles. The molecule has 152 valence electrons. The van der Waals surface area contributed by atoms with Crippen molar-refractivity contribution in [2.45, 2.75) is 47.1 Å². The number of amides is 2. The topological polar surface area (TPSA) is 58.6 Å². The van der Waals surface area contributed by atoms with Crippen molar-refractivity contribution < 1.29 is 14.3 Å². The van der Waals surface area contributed by atoms with E-state index in [1.165, 1.54) is 0 Å². The highest BCUT2D eigenvalue weighted by Gasteiger charge is 2.35. The number of aryl methyl sites for hydroxylation is 2. The number of allylic oxidation sites excluding steroid dienone is 1. The quantitative estimate of drug-likeness (QED) is 0.789. The smallest absolute Gasteiger partial charge is 0.255 e. The maximum Gasteiger partial charge on any atom is 0.255 e. The van der Waals surface area contributed by atoms with Crippen molar-refractivity contribution in [3.8, 4) is 5.75 Å². The normalized spacial score (nSPS) is 14.7. The van der Waals surface area contributed by atoms with Crippen LogP contribution in [0.1, 0.15) is 54.7 Å². The highest BCUT2D eigenvalue weighted by molar-refractivity contribution is 6.07. The molecule has 0 unspecified atom stereocenters. The molecule has 1 aliphatic rings. The number of carbonyl (C=O) groups excluding carboxylic acids is 2. The third-order valence-electron chi connectivity index (χ3n) is 5.18. The molecule has 2 aromatic rings. The molecule has 0 radical (unpaired) electrons. The molecule has 5 heteroatoms. The van der Waals surface area contributed by atoms with Crippen molar-refractivity contribution >= 4 is 28.8 Å². The number of rotatable bonds is 3. The van der Waals surface area contributed by atoms with Crippen LogP contribution in [0.25, 0.3) is 5.57 Å². The van der Waals surface area contributed by atoms with Crippen LogP contribution in [-0.2, 0) is 4.79 Å². The van der Waals surface area contributed by atoms with Crippen molar-refractivity contribution in [3.63, 3.8) is 0 Å². The lowest BCUT2D eigenvalue weighted by Gasteiger charge is -2.41. The maximum absolute atomic E-state index is 12.9. The van der Waals surface area contributed by atoms with Gasteiger partial charge in [-0.25, -0.2) is 0 Å². The molecule has 1 N–H and O–H groups in total. The summed E-state index contributed by atoms with van der Waals surface area (Å²) in [6.07, 6.45) is 2.07. The first-order valence-corrected chi connectivity index (χ1v) is 9.66. The lowest BCUT2D eigenvalue weighted by Crippen LogP contribution is -2.47. The second-order valence-electron chi connectivity index (χ2n) is 8.24. The minimum atomic E-state index is -0.447. The van der Waals surface area contributed by atoms with E-state index in [4.69, 9.17) is 4.74 Å². The molecule has 0 atom stereocenters. The largest absolute Gasteiger partial charge is 0.494 e. The third kappa shape index (κ3) is 3.90. The minimum absolute atomic E-state index is 0.0472. The zero-order chi connectivity index (χ0) is 21.5. The molecule has 1 heterocycles. The van der Waals surface area contributed by atoms with Crippen LogP contribution in [-0.4, -0.2) is 24.5 Å². The van der Waals surface area contributed by atoms with Gasteiger partial charge < -0.3 is 15.0 Å². The van der Waals surface area contributed by atoms with Gasteiger partial charge in [0.1, 0.15) is 5.75 Å². The van der Waals surface area contributed by atoms with E-state index >= 15 is 0 Å². The molecule has 0 aliphatic carbocycles. The Morgan fingerprint density at radius 1 is 1.00 bits per heavy atom. The summed E-state index contributed by atoms with van der Waals surface area (Å²) in [5.74, 6) is 0.267. The second kappa shape index (κ2) is 7.39. The highest BCUT2D eigenvalue weighted by Crippen LogP contribution is 2.43. The molecule has 0 fully saturated rings. The molecular formula is C24H28N2O3. The van der Waals surface area contributed by atoms with Crippen molar-refractivity contribution in [1.82, 2.24) is 0 Å². The number of fused-ring (bicyclic) bond motifs is 1. The molecule has 29 heavy (non-hydrogen) atoms. The lowest BCUT2D eigenvalue weighted by atomic mass is 9.88. The fourth-order valence-corrected chi connectivity index (χ4v) is 4.19. The van der Waals surface area contributed by atoms with Gasteiger partial charge in [0.25, 0.3) is 5.91 Å². The fraction of sp³-hybridized carbons (Fsp3) is 0.333. The number of nitrogens with zero attached hydrogens (tertiary/aromatic N) is 1. The van der Waals surface area contributed by atoms with Gasteiger partial charge >= 0.3 is 0 Å². The number of anilines is 2. The zero-order valence-corrected chi connectivity index (χ0v) is 18.1. The van der Waals surface area contributed by atoms with Crippen LogP contribution in [0.2, 0.25) is 0 Å². The number of ether oxygens (including phenoxy) is 1. The summed E-state index contributed by atoms with van der Waals surface area (Å²) in [5.41, 5.74) is 5.52. The summed E-state index contributed by atoms with van der Waals surface area (Å²) in [6, 6.07) is 9.46. The summed E-state index contributed by atoms with van der Waals surface area (Å²) in [6.45, 7) is 11.5. The van der Waals surface area contributed by atoms with Gasteiger partial charge in [0.15, 0.2) is 0 Å². The van der Waals surface area contributed by atoms with Crippen LogP contribution in [0.15, 0.2) is 36.4 Å². The molecule has 1 aliphatic heterocycles. The Labute approximate surface area is 172 Å². The van der Waals surface area contributed by atoms with E-state index in [0.717, 1.165) is 28.0 Å². The van der Waals surface area contributed by atoms with Gasteiger partial charge in [0.05, 0.1) is 24.0 Å². The van der Waals surface area contributed by atoms with Crippen molar-refractivity contribution in [1.29, 1.82) is 0 Å². The van der Waals surface area contributed by atoms with Gasteiger partial charge in [0.2, 0.25) is 5.91 Å². The van der Waals surface area contributed by atoms with Gasteiger partial charge in [-0.3, -0.25) is 9.59 Å². The number of nitrogens with one attached hydrogen (secondary N) is 1. The SMILES string of the molecule is COc1cc2c(cc1NC(=O)c1cc(C)cc(C)c1)C(C)=CC(C)(C)N2C(C)=O. The van der Waals surface area contributed by atoms with Crippen LogP contribution in [0.3, 0.4) is 0 Å². The van der Waals surface area contributed by atoms with Crippen molar-refractivity contribution in [2.75, 3.05) is 17.3 Å². The molecular weight excluding hydrogens is 364 g/mol. The summed E-state index contributed by atoms with van der Waals surface area (Å²) < 4.78 is 5.55. The molecule has 5 nitrogen and oxygen atoms in total. The van der Waals surface area contributed by atoms with Gasteiger partial charge in [-0.15, -0.1) is 0 Å². The van der Waals surface area contributed by atoms with Crippen LogP contribution >= 0.6 is 0 Å². The van der Waals surface area contributed by atoms with Crippen molar-refractivity contribution in [2.24, 2.45) is 0 Å². The number of benzene rings is 2. The Kier molecular flexibility index (Phi) is 5.26. The van der Waals surface area contributed by atoms with Crippen LogP contribution in [0.5, 0.6) is 5.75 Å². The average molecular weight is 392 g/mol. The average Bonchev–Trinajstić information content (AvgIpc) is 2.59. The molecule has 0 spiro atoms. The van der Waals surface area contributed by atoms with Gasteiger partial charge in [0, 0.05) is 24.1 Å². The Morgan fingerprint density at radius 3 is 2.17 bits per heavy atom. The zero-order valence-electron chi connectivity index (χ0n) is 18.1. The number of carbonyl (C=O) groups is 2. The monoisotopic (exact) mass is 392 g/mol. The van der Waals surface area contributed by atoms with E-state index in [1.807, 2.05) is 65.0 Å². The summed E-state index contributed by atoms with van der Waals surface area (Å²) in [5, 5.41) is 2.97. The van der Waals surface area contributed by atoms with E-state index in [-0.39, 0.29) is 11.8 Å². The standard InChI is InChI=1S/C24H28N2O3/c1-14-8-15(2)10-18(9-14)23(28)25-20-11-19-16(3)13-24(5,6)26(17(4)27)21(19)12-22(20)29-7/h8-13H,1-7H3,(H,25,28). The van der Waals surface area contributed by atoms with E-state index < -0.39 is 5.54 Å². The van der Waals surface area contributed by atoms with E-state index in [0.29, 0.717) is 17.0 Å². The Balaban J connectivity index is 2.07. The second-order valence-corrected chi connectivity index (χ2v) is 8.24. The number of hydrogen-bond donors (Lipinski definition) is 1. The van der Waals surface area contributed by atoms with E-state index in [9.17, 15) is 9.59 Å². The molecule has 3 rings (SSSR count). The molecule has 2 aromatic carbocycles. The Morgan fingerprint density at radius 2 is 1.62 bits per heavy atom. The summed E-state index contributed by atoms with van der Waals surface area (Å²) >= 11 is 0. The lowest BCUT2D eigenvalue weighted by molar-refractivity contribution is -0.117. The van der Waals surface area contributed by atoms with Crippen LogP contribution in [0, 0.1) is 13.8 Å². The Bertz CT molecular complexity index is 1010. The molecule has 0 saturated carbocycles. The predicted octanol–water partition coefficient (Wildman–Crippen LogP) is 5.11. The molecule has 2 amide bonds. The Hall–Kier alpha value is -3.08. The first-order valence-electron chi connectivity index (χ1n) is 9.66. The molecule has 0 saturated heterocycles. The third-order valence-corrected chi connectivity index (χ3v) is 5.18. The van der Waals surface area contributed by atoms with Crippen molar-refractivity contribution in [3.05, 3.63) is 58.7 Å². The van der Waals surface area contributed by atoms with Crippen LogP contribution in [0.4, 0.5) is 11.4 Å².